The number of aryl methyl sites for hydroxylation is 3. The van der Waals surface area contributed by atoms with Crippen molar-refractivity contribution in [2.45, 2.75) is 38.5 Å². The van der Waals surface area contributed by atoms with E-state index in [4.69, 9.17) is 11.6 Å². The van der Waals surface area contributed by atoms with Crippen LogP contribution in [0.3, 0.4) is 0 Å². The lowest BCUT2D eigenvalue weighted by Crippen LogP contribution is -2.41. The minimum Gasteiger partial charge on any atom is -0.326 e. The minimum absolute atomic E-state index is 0.0753. The molecule has 28 heavy (non-hydrogen) atoms. The van der Waals surface area contributed by atoms with Crippen molar-refractivity contribution in [2.24, 2.45) is 5.92 Å². The predicted octanol–water partition coefficient (Wildman–Crippen LogP) is 4.30. The highest BCUT2D eigenvalue weighted by Gasteiger charge is 2.32. The summed E-state index contributed by atoms with van der Waals surface area (Å²) in [7, 11) is -3.53. The Labute approximate surface area is 171 Å². The highest BCUT2D eigenvalue weighted by Crippen LogP contribution is 2.27. The van der Waals surface area contributed by atoms with Gasteiger partial charge in [-0.25, -0.2) is 8.42 Å². The van der Waals surface area contributed by atoms with E-state index in [-0.39, 0.29) is 11.8 Å². The first-order valence-corrected chi connectivity index (χ1v) is 11.1. The summed E-state index contributed by atoms with van der Waals surface area (Å²) in [6.45, 7) is 6.43. The fraction of sp³-hybridized carbons (Fsp3) is 0.381. The molecule has 0 spiro atoms. The van der Waals surface area contributed by atoms with Gasteiger partial charge in [-0.15, -0.1) is 0 Å². The topological polar surface area (TPSA) is 66.5 Å². The molecule has 1 aliphatic heterocycles. The van der Waals surface area contributed by atoms with Crippen LogP contribution in [0.15, 0.2) is 41.3 Å². The molecule has 0 aliphatic carbocycles. The Morgan fingerprint density at radius 1 is 1.00 bits per heavy atom. The molecule has 0 unspecified atom stereocenters. The van der Waals surface area contributed by atoms with Gasteiger partial charge >= 0.3 is 0 Å². The largest absolute Gasteiger partial charge is 0.326 e. The van der Waals surface area contributed by atoms with Gasteiger partial charge in [0.2, 0.25) is 15.9 Å². The molecule has 0 bridgehead atoms. The molecule has 150 valence electrons. The molecule has 1 fully saturated rings. The summed E-state index contributed by atoms with van der Waals surface area (Å²) < 4.78 is 27.3. The fourth-order valence-corrected chi connectivity index (χ4v) is 5.17. The second-order valence-electron chi connectivity index (χ2n) is 7.37. The van der Waals surface area contributed by atoms with Crippen LogP contribution in [0.5, 0.6) is 0 Å². The van der Waals surface area contributed by atoms with E-state index in [1.54, 1.807) is 30.3 Å². The van der Waals surface area contributed by atoms with E-state index in [9.17, 15) is 13.2 Å². The maximum atomic E-state index is 12.9. The average molecular weight is 421 g/mol. The lowest BCUT2D eigenvalue weighted by atomic mass is 9.97. The molecular formula is C21H25ClN2O3S. The summed E-state index contributed by atoms with van der Waals surface area (Å²) in [5.41, 5.74) is 3.65. The number of amides is 1. The molecule has 1 heterocycles. The lowest BCUT2D eigenvalue weighted by Gasteiger charge is -2.30. The Hall–Kier alpha value is -1.89. The van der Waals surface area contributed by atoms with E-state index < -0.39 is 10.0 Å². The standard InChI is InChI=1S/C21H25ClN2O3S/c1-14-4-6-19(13-15(14)2)28(26,27)24-10-8-17(9-11-24)21(25)23-20-7-5-18(22)12-16(20)3/h4-7,12-13,17H,8-11H2,1-3H3,(H,23,25). The summed E-state index contributed by atoms with van der Waals surface area (Å²) in [6.07, 6.45) is 1.01. The first-order valence-electron chi connectivity index (χ1n) is 9.33. The number of benzene rings is 2. The number of piperidine rings is 1. The van der Waals surface area contributed by atoms with Crippen LogP contribution in [0.1, 0.15) is 29.5 Å². The van der Waals surface area contributed by atoms with Crippen LogP contribution in [0.2, 0.25) is 5.02 Å². The van der Waals surface area contributed by atoms with Crippen molar-refractivity contribution >= 4 is 33.2 Å². The molecule has 0 aromatic heterocycles. The van der Waals surface area contributed by atoms with Gasteiger partial charge in [0, 0.05) is 29.7 Å². The smallest absolute Gasteiger partial charge is 0.243 e. The normalized spacial score (nSPS) is 16.1. The third-order valence-corrected chi connectivity index (χ3v) is 7.52. The summed E-state index contributed by atoms with van der Waals surface area (Å²) >= 11 is 5.95. The number of carbonyl (C=O) groups excluding carboxylic acids is 1. The molecule has 5 nitrogen and oxygen atoms in total. The Morgan fingerprint density at radius 2 is 1.68 bits per heavy atom. The number of nitrogens with one attached hydrogen (secondary N) is 1. The molecule has 1 saturated heterocycles. The molecule has 2 aromatic carbocycles. The molecule has 1 amide bonds. The highest BCUT2D eigenvalue weighted by molar-refractivity contribution is 7.89. The Kier molecular flexibility index (Phi) is 6.12. The SMILES string of the molecule is Cc1ccc(S(=O)(=O)N2CCC(C(=O)Nc3ccc(Cl)cc3C)CC2)cc1C. The van der Waals surface area contributed by atoms with Crippen LogP contribution >= 0.6 is 11.6 Å². The van der Waals surface area contributed by atoms with E-state index in [0.717, 1.165) is 22.4 Å². The van der Waals surface area contributed by atoms with Crippen LogP contribution in [-0.2, 0) is 14.8 Å². The summed E-state index contributed by atoms with van der Waals surface area (Å²) in [5, 5.41) is 3.57. The molecule has 0 radical (unpaired) electrons. The first-order chi connectivity index (χ1) is 13.2. The number of carbonyl (C=O) groups is 1. The molecule has 1 aliphatic rings. The number of nitrogens with zero attached hydrogens (tertiary/aromatic N) is 1. The van der Waals surface area contributed by atoms with Crippen LogP contribution in [0.25, 0.3) is 0 Å². The van der Waals surface area contributed by atoms with Gasteiger partial charge in [0.1, 0.15) is 0 Å². The Morgan fingerprint density at radius 3 is 2.29 bits per heavy atom. The van der Waals surface area contributed by atoms with Crippen molar-refractivity contribution in [2.75, 3.05) is 18.4 Å². The Bertz CT molecular complexity index is 997. The molecule has 0 saturated carbocycles. The fourth-order valence-electron chi connectivity index (χ4n) is 3.38. The first kappa shape index (κ1) is 20.8. The van der Waals surface area contributed by atoms with E-state index in [1.807, 2.05) is 26.8 Å². The van der Waals surface area contributed by atoms with Crippen molar-refractivity contribution in [3.8, 4) is 0 Å². The van der Waals surface area contributed by atoms with Crippen LogP contribution in [-0.4, -0.2) is 31.7 Å². The quantitative estimate of drug-likeness (QED) is 0.801. The second-order valence-corrected chi connectivity index (χ2v) is 9.75. The van der Waals surface area contributed by atoms with Crippen molar-refractivity contribution in [3.63, 3.8) is 0 Å². The van der Waals surface area contributed by atoms with E-state index in [2.05, 4.69) is 5.32 Å². The van der Waals surface area contributed by atoms with Crippen molar-refractivity contribution in [1.29, 1.82) is 0 Å². The van der Waals surface area contributed by atoms with Crippen molar-refractivity contribution in [3.05, 3.63) is 58.1 Å². The van der Waals surface area contributed by atoms with Crippen LogP contribution < -0.4 is 5.32 Å². The molecule has 2 aromatic rings. The summed E-state index contributed by atoms with van der Waals surface area (Å²) in [6, 6.07) is 10.5. The third kappa shape index (κ3) is 4.40. The third-order valence-electron chi connectivity index (χ3n) is 5.39. The number of hydrogen-bond donors (Lipinski definition) is 1. The zero-order valence-corrected chi connectivity index (χ0v) is 17.9. The minimum atomic E-state index is -3.53. The maximum absolute atomic E-state index is 12.9. The molecule has 7 heteroatoms. The van der Waals surface area contributed by atoms with E-state index in [0.29, 0.717) is 35.8 Å². The van der Waals surface area contributed by atoms with Gasteiger partial charge in [-0.3, -0.25) is 4.79 Å². The molecular weight excluding hydrogens is 396 g/mol. The predicted molar refractivity (Wildman–Crippen MR) is 112 cm³/mol. The van der Waals surface area contributed by atoms with Crippen molar-refractivity contribution in [1.82, 2.24) is 4.31 Å². The zero-order chi connectivity index (χ0) is 20.5. The van der Waals surface area contributed by atoms with Gasteiger partial charge < -0.3 is 5.32 Å². The molecule has 0 atom stereocenters. The lowest BCUT2D eigenvalue weighted by molar-refractivity contribution is -0.120. The van der Waals surface area contributed by atoms with Crippen LogP contribution in [0, 0.1) is 26.7 Å². The summed E-state index contributed by atoms with van der Waals surface area (Å²) in [4.78, 5) is 12.9. The van der Waals surface area contributed by atoms with Gasteiger partial charge in [0.25, 0.3) is 0 Å². The number of sulfonamides is 1. The van der Waals surface area contributed by atoms with Gasteiger partial charge in [-0.05, 0) is 80.6 Å². The highest BCUT2D eigenvalue weighted by atomic mass is 35.5. The van der Waals surface area contributed by atoms with Gasteiger partial charge in [0.05, 0.1) is 4.90 Å². The second kappa shape index (κ2) is 8.23. The number of anilines is 1. The Balaban J connectivity index is 1.64. The van der Waals surface area contributed by atoms with E-state index in [1.165, 1.54) is 4.31 Å². The van der Waals surface area contributed by atoms with Crippen LogP contribution in [0.4, 0.5) is 5.69 Å². The average Bonchev–Trinajstić information content (AvgIpc) is 2.66. The number of halogens is 1. The zero-order valence-electron chi connectivity index (χ0n) is 16.3. The molecule has 1 N–H and O–H groups in total. The maximum Gasteiger partial charge on any atom is 0.243 e. The van der Waals surface area contributed by atoms with Gasteiger partial charge in [0.15, 0.2) is 0 Å². The number of rotatable bonds is 4. The summed E-state index contributed by atoms with van der Waals surface area (Å²) in [5.74, 6) is -0.282. The number of hydrogen-bond acceptors (Lipinski definition) is 3. The molecule has 3 rings (SSSR count). The van der Waals surface area contributed by atoms with Gasteiger partial charge in [-0.1, -0.05) is 17.7 Å². The van der Waals surface area contributed by atoms with E-state index >= 15 is 0 Å². The van der Waals surface area contributed by atoms with Gasteiger partial charge in [-0.2, -0.15) is 4.31 Å². The monoisotopic (exact) mass is 420 g/mol. The van der Waals surface area contributed by atoms with Crippen molar-refractivity contribution < 1.29 is 13.2 Å².